The van der Waals surface area contributed by atoms with Gasteiger partial charge in [-0.3, -0.25) is 0 Å². The Morgan fingerprint density at radius 2 is 2.27 bits per heavy atom. The van der Waals surface area contributed by atoms with Gasteiger partial charge in [-0.25, -0.2) is 4.98 Å². The Morgan fingerprint density at radius 3 is 2.87 bits per heavy atom. The van der Waals surface area contributed by atoms with Crippen molar-refractivity contribution in [2.75, 3.05) is 12.4 Å². The first-order valence-electron chi connectivity index (χ1n) is 5.03. The summed E-state index contributed by atoms with van der Waals surface area (Å²) in [6, 6.07) is 4.13. The fourth-order valence-electron chi connectivity index (χ4n) is 1.44. The molecular weight excluding hydrogens is 256 g/mol. The molecule has 3 nitrogen and oxygen atoms in total. The Bertz CT molecular complexity index is 304. The maximum absolute atomic E-state index is 5.21. The highest BCUT2D eigenvalue weighted by atomic mass is 79.9. The minimum absolute atomic E-state index is 0.364. The Hall–Kier alpha value is -0.770. The zero-order valence-electron chi connectivity index (χ0n) is 9.33. The Kier molecular flexibility index (Phi) is 4.88. The molecule has 4 heteroatoms. The van der Waals surface area contributed by atoms with Crippen LogP contribution >= 0.6 is 15.9 Å². The van der Waals surface area contributed by atoms with Crippen molar-refractivity contribution >= 4 is 21.7 Å². The third kappa shape index (κ3) is 4.08. The molecule has 0 bridgehead atoms. The lowest BCUT2D eigenvalue weighted by Gasteiger charge is -2.17. The van der Waals surface area contributed by atoms with E-state index < -0.39 is 0 Å². The van der Waals surface area contributed by atoms with Gasteiger partial charge in [0.25, 0.3) is 0 Å². The predicted molar refractivity (Wildman–Crippen MR) is 66.9 cm³/mol. The van der Waals surface area contributed by atoms with Gasteiger partial charge in [-0.05, 0) is 25.5 Å². The molecule has 0 amide bonds. The zero-order chi connectivity index (χ0) is 11.3. The molecule has 1 aromatic rings. The van der Waals surface area contributed by atoms with Crippen LogP contribution in [0.3, 0.4) is 0 Å². The van der Waals surface area contributed by atoms with Gasteiger partial charge in [0.1, 0.15) is 0 Å². The smallest absolute Gasteiger partial charge is 0.168 e. The SMILES string of the molecule is COc1cccnc1NC(C)CC(C)Br. The molecule has 2 unspecified atom stereocenters. The zero-order valence-corrected chi connectivity index (χ0v) is 10.9. The van der Waals surface area contributed by atoms with Gasteiger partial charge in [0, 0.05) is 17.1 Å². The van der Waals surface area contributed by atoms with Crippen molar-refractivity contribution in [2.45, 2.75) is 31.1 Å². The second kappa shape index (κ2) is 5.95. The van der Waals surface area contributed by atoms with Crippen LogP contribution in [0.25, 0.3) is 0 Å². The summed E-state index contributed by atoms with van der Waals surface area (Å²) in [7, 11) is 1.65. The van der Waals surface area contributed by atoms with Gasteiger partial charge in [-0.1, -0.05) is 22.9 Å². The average Bonchev–Trinajstić information content (AvgIpc) is 2.17. The summed E-state index contributed by atoms with van der Waals surface area (Å²) in [5.41, 5.74) is 0. The standard InChI is InChI=1S/C11H17BrN2O/c1-8(12)7-9(2)14-11-10(15-3)5-4-6-13-11/h4-6,8-9H,7H2,1-3H3,(H,13,14). The van der Waals surface area contributed by atoms with Crippen LogP contribution < -0.4 is 10.1 Å². The van der Waals surface area contributed by atoms with Crippen LogP contribution in [-0.2, 0) is 0 Å². The van der Waals surface area contributed by atoms with Gasteiger partial charge in [0.15, 0.2) is 11.6 Å². The number of hydrogen-bond donors (Lipinski definition) is 1. The lowest BCUT2D eigenvalue weighted by atomic mass is 10.2. The first kappa shape index (κ1) is 12.3. The molecule has 15 heavy (non-hydrogen) atoms. The number of nitrogens with one attached hydrogen (secondary N) is 1. The van der Waals surface area contributed by atoms with Crippen molar-refractivity contribution in [1.82, 2.24) is 4.98 Å². The molecule has 0 aliphatic carbocycles. The van der Waals surface area contributed by atoms with Crippen molar-refractivity contribution in [3.63, 3.8) is 0 Å². The monoisotopic (exact) mass is 272 g/mol. The maximum Gasteiger partial charge on any atom is 0.168 e. The highest BCUT2D eigenvalue weighted by Gasteiger charge is 2.09. The van der Waals surface area contributed by atoms with E-state index in [1.54, 1.807) is 13.3 Å². The topological polar surface area (TPSA) is 34.1 Å². The largest absolute Gasteiger partial charge is 0.493 e. The van der Waals surface area contributed by atoms with Crippen LogP contribution in [0.5, 0.6) is 5.75 Å². The minimum atomic E-state index is 0.364. The fraction of sp³-hybridized carbons (Fsp3) is 0.545. The highest BCUT2D eigenvalue weighted by Crippen LogP contribution is 2.22. The lowest BCUT2D eigenvalue weighted by Crippen LogP contribution is -2.19. The van der Waals surface area contributed by atoms with E-state index in [2.05, 4.69) is 40.1 Å². The molecule has 0 aliphatic rings. The van der Waals surface area contributed by atoms with Gasteiger partial charge in [0.05, 0.1) is 7.11 Å². The molecule has 1 heterocycles. The van der Waals surface area contributed by atoms with E-state index in [9.17, 15) is 0 Å². The molecule has 0 saturated heterocycles. The number of hydrogen-bond acceptors (Lipinski definition) is 3. The molecule has 0 aromatic carbocycles. The second-order valence-electron chi connectivity index (χ2n) is 3.62. The summed E-state index contributed by atoms with van der Waals surface area (Å²) in [5, 5.41) is 3.33. The van der Waals surface area contributed by atoms with Crippen molar-refractivity contribution in [1.29, 1.82) is 0 Å². The van der Waals surface area contributed by atoms with Crippen molar-refractivity contribution < 1.29 is 4.74 Å². The fourth-order valence-corrected chi connectivity index (χ4v) is 2.00. The summed E-state index contributed by atoms with van der Waals surface area (Å²) in [6.07, 6.45) is 2.80. The number of nitrogens with zero attached hydrogens (tertiary/aromatic N) is 1. The van der Waals surface area contributed by atoms with E-state index in [0.717, 1.165) is 18.0 Å². The average molecular weight is 273 g/mol. The summed E-state index contributed by atoms with van der Waals surface area (Å²) >= 11 is 3.53. The van der Waals surface area contributed by atoms with Crippen molar-refractivity contribution in [3.8, 4) is 5.75 Å². The number of alkyl halides is 1. The van der Waals surface area contributed by atoms with Crippen LogP contribution in [0, 0.1) is 0 Å². The highest BCUT2D eigenvalue weighted by molar-refractivity contribution is 9.09. The molecule has 0 radical (unpaired) electrons. The van der Waals surface area contributed by atoms with E-state index >= 15 is 0 Å². The third-order valence-electron chi connectivity index (χ3n) is 2.05. The molecular formula is C11H17BrN2O. The number of methoxy groups -OCH3 is 1. The quantitative estimate of drug-likeness (QED) is 0.837. The molecule has 84 valence electrons. The van der Waals surface area contributed by atoms with Crippen molar-refractivity contribution in [3.05, 3.63) is 18.3 Å². The van der Waals surface area contributed by atoms with Gasteiger partial charge in [-0.15, -0.1) is 0 Å². The normalized spacial score (nSPS) is 14.4. The molecule has 1 aromatic heterocycles. The maximum atomic E-state index is 5.21. The Morgan fingerprint density at radius 1 is 1.53 bits per heavy atom. The Balaban J connectivity index is 2.63. The molecule has 1 rings (SSSR count). The predicted octanol–water partition coefficient (Wildman–Crippen LogP) is 3.06. The number of anilines is 1. The number of rotatable bonds is 5. The number of pyridine rings is 1. The molecule has 0 saturated carbocycles. The van der Waals surface area contributed by atoms with Crippen molar-refractivity contribution in [2.24, 2.45) is 0 Å². The molecule has 0 fully saturated rings. The van der Waals surface area contributed by atoms with Crippen LogP contribution in [0.2, 0.25) is 0 Å². The molecule has 0 spiro atoms. The van der Waals surface area contributed by atoms with Crippen LogP contribution in [-0.4, -0.2) is 23.0 Å². The number of aromatic nitrogens is 1. The van der Waals surface area contributed by atoms with Gasteiger partial charge >= 0.3 is 0 Å². The van der Waals surface area contributed by atoms with Gasteiger partial charge < -0.3 is 10.1 Å². The van der Waals surface area contributed by atoms with E-state index in [1.807, 2.05) is 12.1 Å². The van der Waals surface area contributed by atoms with Crippen LogP contribution in [0.1, 0.15) is 20.3 Å². The van der Waals surface area contributed by atoms with E-state index in [4.69, 9.17) is 4.74 Å². The van der Waals surface area contributed by atoms with Gasteiger partial charge in [0.2, 0.25) is 0 Å². The molecule has 2 atom stereocenters. The van der Waals surface area contributed by atoms with Crippen LogP contribution in [0.4, 0.5) is 5.82 Å². The molecule has 0 aliphatic heterocycles. The van der Waals surface area contributed by atoms with Crippen LogP contribution in [0.15, 0.2) is 18.3 Å². The second-order valence-corrected chi connectivity index (χ2v) is 5.18. The molecule has 1 N–H and O–H groups in total. The summed E-state index contributed by atoms with van der Waals surface area (Å²) in [5.74, 6) is 1.59. The number of ether oxygens (including phenoxy) is 1. The third-order valence-corrected chi connectivity index (χ3v) is 2.43. The minimum Gasteiger partial charge on any atom is -0.493 e. The van der Waals surface area contributed by atoms with E-state index in [-0.39, 0.29) is 0 Å². The summed E-state index contributed by atoms with van der Waals surface area (Å²) < 4.78 is 5.21. The number of halogens is 1. The Labute approximate surface area is 99.4 Å². The van der Waals surface area contributed by atoms with E-state index in [0.29, 0.717) is 10.9 Å². The lowest BCUT2D eigenvalue weighted by molar-refractivity contribution is 0.414. The van der Waals surface area contributed by atoms with Gasteiger partial charge in [-0.2, -0.15) is 0 Å². The van der Waals surface area contributed by atoms with E-state index in [1.165, 1.54) is 0 Å². The summed E-state index contributed by atoms with van der Waals surface area (Å²) in [6.45, 7) is 4.26. The first-order chi connectivity index (χ1) is 7.13. The first-order valence-corrected chi connectivity index (χ1v) is 5.94. The summed E-state index contributed by atoms with van der Waals surface area (Å²) in [4.78, 5) is 4.74.